The lowest BCUT2D eigenvalue weighted by Gasteiger charge is -2.25. The molecule has 11 heteroatoms. The van der Waals surface area contributed by atoms with Crippen molar-refractivity contribution in [2.75, 3.05) is 40.5 Å². The Labute approximate surface area is 259 Å². The molecule has 0 saturated heterocycles. The van der Waals surface area contributed by atoms with E-state index in [4.69, 9.17) is 30.5 Å². The van der Waals surface area contributed by atoms with Crippen molar-refractivity contribution in [2.24, 2.45) is 5.92 Å². The number of hydrogen-bond donors (Lipinski definition) is 2. The summed E-state index contributed by atoms with van der Waals surface area (Å²) in [6.45, 7) is 1.47. The van der Waals surface area contributed by atoms with Crippen molar-refractivity contribution in [3.05, 3.63) is 87.9 Å². The predicted octanol–water partition coefficient (Wildman–Crippen LogP) is 6.85. The first-order valence-corrected chi connectivity index (χ1v) is 14.7. The van der Waals surface area contributed by atoms with Crippen molar-refractivity contribution in [1.29, 1.82) is 0 Å². The van der Waals surface area contributed by atoms with Crippen LogP contribution in [-0.4, -0.2) is 46.4 Å². The molecule has 0 aromatic heterocycles. The van der Waals surface area contributed by atoms with Crippen molar-refractivity contribution < 1.29 is 36.9 Å². The normalized spacial score (nSPS) is 15.9. The highest BCUT2D eigenvalue weighted by molar-refractivity contribution is 6.32. The van der Waals surface area contributed by atoms with Crippen LogP contribution in [-0.2, 0) is 11.0 Å². The second-order valence-corrected chi connectivity index (χ2v) is 11.1. The highest BCUT2D eigenvalue weighted by Gasteiger charge is 2.35. The Hall–Kier alpha value is -3.89. The number of carbonyl (C=O) groups excluding carboxylic acids is 1. The van der Waals surface area contributed by atoms with Crippen molar-refractivity contribution >= 4 is 23.1 Å². The fraction of sp³-hybridized carbons (Fsp3) is 0.364. The van der Waals surface area contributed by atoms with Gasteiger partial charge in [-0.3, -0.25) is 4.79 Å². The highest BCUT2D eigenvalue weighted by atomic mass is 35.5. The Bertz CT molecular complexity index is 1480. The zero-order valence-electron chi connectivity index (χ0n) is 24.4. The van der Waals surface area contributed by atoms with Crippen LogP contribution in [0.15, 0.2) is 66.2 Å². The van der Waals surface area contributed by atoms with Crippen molar-refractivity contribution in [3.8, 4) is 23.0 Å². The maximum Gasteiger partial charge on any atom is 0.416 e. The van der Waals surface area contributed by atoms with Gasteiger partial charge in [-0.2, -0.15) is 13.2 Å². The molecule has 0 radical (unpaired) electrons. The standard InChI is InChI=1S/C33H34ClF3N2O5/c1-41-25-15-22(16-26(18-25)42-2)31(21-3-4-21)39-32(40)28-19-38-12-11-27(28)20-5-8-24(9-6-20)43-13-14-44-30-10-7-23(17-29(30)34)33(35,36)37/h5-10,15-18,21,31,38H,3-4,11-14,19H2,1-2H3,(H,39,40). The molecule has 1 aliphatic carbocycles. The van der Waals surface area contributed by atoms with E-state index in [2.05, 4.69) is 10.6 Å². The first-order chi connectivity index (χ1) is 21.2. The predicted molar refractivity (Wildman–Crippen MR) is 161 cm³/mol. The number of halogens is 4. The molecule has 7 nitrogen and oxygen atoms in total. The molecule has 1 fully saturated rings. The summed E-state index contributed by atoms with van der Waals surface area (Å²) in [6, 6.07) is 16.0. The summed E-state index contributed by atoms with van der Waals surface area (Å²) in [7, 11) is 3.22. The van der Waals surface area contributed by atoms with Gasteiger partial charge in [-0.05, 0) is 90.9 Å². The summed E-state index contributed by atoms with van der Waals surface area (Å²) >= 11 is 5.95. The van der Waals surface area contributed by atoms with E-state index in [1.54, 1.807) is 14.2 Å². The minimum Gasteiger partial charge on any atom is -0.497 e. The molecule has 1 saturated carbocycles. The number of methoxy groups -OCH3 is 2. The van der Waals surface area contributed by atoms with Crippen molar-refractivity contribution in [3.63, 3.8) is 0 Å². The molecule has 234 valence electrons. The summed E-state index contributed by atoms with van der Waals surface area (Å²) < 4.78 is 60.7. The fourth-order valence-corrected chi connectivity index (χ4v) is 5.45. The van der Waals surface area contributed by atoms with Crippen LogP contribution in [0.1, 0.15) is 42.0 Å². The van der Waals surface area contributed by atoms with Crippen LogP contribution in [0.25, 0.3) is 5.57 Å². The molecule has 1 aliphatic heterocycles. The van der Waals surface area contributed by atoms with Crippen molar-refractivity contribution in [2.45, 2.75) is 31.5 Å². The van der Waals surface area contributed by atoms with Gasteiger partial charge in [0.25, 0.3) is 0 Å². The van der Waals surface area contributed by atoms with E-state index < -0.39 is 11.7 Å². The van der Waals surface area contributed by atoms with Gasteiger partial charge in [-0.1, -0.05) is 23.7 Å². The Morgan fingerprint density at radius 3 is 2.25 bits per heavy atom. The number of hydrogen-bond acceptors (Lipinski definition) is 6. The topological polar surface area (TPSA) is 78.1 Å². The molecule has 0 bridgehead atoms. The number of rotatable bonds is 12. The molecule has 5 rings (SSSR count). The average Bonchev–Trinajstić information content (AvgIpc) is 3.87. The first-order valence-electron chi connectivity index (χ1n) is 14.4. The molecule has 3 aromatic rings. The molecule has 2 N–H and O–H groups in total. The molecular formula is C33H34ClF3N2O5. The third-order valence-corrected chi connectivity index (χ3v) is 7.97. The van der Waals surface area contributed by atoms with Crippen LogP contribution in [0.3, 0.4) is 0 Å². The Balaban J connectivity index is 1.23. The van der Waals surface area contributed by atoms with E-state index in [-0.39, 0.29) is 35.9 Å². The highest BCUT2D eigenvalue weighted by Crippen LogP contribution is 2.43. The Morgan fingerprint density at radius 1 is 0.955 bits per heavy atom. The molecule has 44 heavy (non-hydrogen) atoms. The van der Waals surface area contributed by atoms with Gasteiger partial charge in [0.1, 0.15) is 36.2 Å². The lowest BCUT2D eigenvalue weighted by Crippen LogP contribution is -2.37. The summed E-state index contributed by atoms with van der Waals surface area (Å²) in [6.07, 6.45) is -1.69. The van der Waals surface area contributed by atoms with Gasteiger partial charge in [0.2, 0.25) is 5.91 Å². The first kappa shape index (κ1) is 31.5. The molecule has 1 amide bonds. The van der Waals surface area contributed by atoms with E-state index >= 15 is 0 Å². The van der Waals surface area contributed by atoms with E-state index in [9.17, 15) is 18.0 Å². The van der Waals surface area contributed by atoms with Gasteiger partial charge in [0, 0.05) is 18.2 Å². The lowest BCUT2D eigenvalue weighted by molar-refractivity contribution is -0.137. The van der Waals surface area contributed by atoms with Gasteiger partial charge >= 0.3 is 6.18 Å². The van der Waals surface area contributed by atoms with Gasteiger partial charge in [0.15, 0.2) is 0 Å². The largest absolute Gasteiger partial charge is 0.497 e. The molecular weight excluding hydrogens is 597 g/mol. The number of carbonyl (C=O) groups is 1. The summed E-state index contributed by atoms with van der Waals surface area (Å²) in [5.41, 5.74) is 2.73. The molecule has 2 aliphatic rings. The molecule has 1 heterocycles. The van der Waals surface area contributed by atoms with E-state index in [0.29, 0.717) is 41.7 Å². The molecule has 0 spiro atoms. The number of benzene rings is 3. The minimum absolute atomic E-state index is 0.0926. The fourth-order valence-electron chi connectivity index (χ4n) is 5.22. The summed E-state index contributed by atoms with van der Waals surface area (Å²) in [5.74, 6) is 2.35. The Kier molecular flexibility index (Phi) is 9.90. The zero-order valence-corrected chi connectivity index (χ0v) is 25.2. The maximum absolute atomic E-state index is 13.7. The van der Waals surface area contributed by atoms with E-state index in [0.717, 1.165) is 48.2 Å². The van der Waals surface area contributed by atoms with Gasteiger partial charge in [0.05, 0.1) is 30.8 Å². The van der Waals surface area contributed by atoms with Gasteiger partial charge in [-0.15, -0.1) is 0 Å². The van der Waals surface area contributed by atoms with Crippen LogP contribution < -0.4 is 29.6 Å². The number of ether oxygens (including phenoxy) is 4. The SMILES string of the molecule is COc1cc(OC)cc(C(NC(=O)C2=C(c3ccc(OCCOc4ccc(C(F)(F)F)cc4Cl)cc3)CCNC2)C2CC2)c1. The van der Waals surface area contributed by atoms with Crippen LogP contribution in [0.5, 0.6) is 23.0 Å². The van der Waals surface area contributed by atoms with Crippen molar-refractivity contribution in [1.82, 2.24) is 10.6 Å². The summed E-state index contributed by atoms with van der Waals surface area (Å²) in [5, 5.41) is 6.49. The minimum atomic E-state index is -4.48. The Morgan fingerprint density at radius 2 is 1.64 bits per heavy atom. The second-order valence-electron chi connectivity index (χ2n) is 10.7. The number of amides is 1. The third-order valence-electron chi connectivity index (χ3n) is 7.68. The zero-order chi connectivity index (χ0) is 31.3. The van der Waals surface area contributed by atoms with E-state index in [1.807, 2.05) is 42.5 Å². The van der Waals surface area contributed by atoms with Gasteiger partial charge < -0.3 is 29.6 Å². The van der Waals surface area contributed by atoms with E-state index in [1.165, 1.54) is 6.07 Å². The molecule has 1 atom stereocenters. The average molecular weight is 631 g/mol. The number of alkyl halides is 3. The third kappa shape index (κ3) is 7.78. The number of nitrogens with one attached hydrogen (secondary N) is 2. The van der Waals surface area contributed by atoms with Crippen LogP contribution in [0.2, 0.25) is 5.02 Å². The van der Waals surface area contributed by atoms with Crippen LogP contribution in [0, 0.1) is 5.92 Å². The van der Waals surface area contributed by atoms with Crippen LogP contribution >= 0.6 is 11.6 Å². The lowest BCUT2D eigenvalue weighted by atomic mass is 9.93. The maximum atomic E-state index is 13.7. The quantitative estimate of drug-likeness (QED) is 0.213. The second kappa shape index (κ2) is 13.8. The molecule has 1 unspecified atom stereocenters. The van der Waals surface area contributed by atoms with Gasteiger partial charge in [-0.25, -0.2) is 0 Å². The smallest absolute Gasteiger partial charge is 0.416 e. The monoisotopic (exact) mass is 630 g/mol. The molecule has 3 aromatic carbocycles. The summed E-state index contributed by atoms with van der Waals surface area (Å²) in [4.78, 5) is 13.7. The van der Waals surface area contributed by atoms with Crippen LogP contribution in [0.4, 0.5) is 13.2 Å².